The van der Waals surface area contributed by atoms with Gasteiger partial charge < -0.3 is 9.64 Å². The Balaban J connectivity index is 1.57. The van der Waals surface area contributed by atoms with Crippen molar-refractivity contribution in [2.45, 2.75) is 45.1 Å². The summed E-state index contributed by atoms with van der Waals surface area (Å²) in [5.41, 5.74) is 0. The molecule has 3 saturated heterocycles. The van der Waals surface area contributed by atoms with Gasteiger partial charge in [0, 0.05) is 26.1 Å². The molecule has 3 aliphatic heterocycles. The number of hydrogen-bond donors (Lipinski definition) is 0. The molecule has 0 spiro atoms. The highest BCUT2D eigenvalue weighted by atomic mass is 16.5. The lowest BCUT2D eigenvalue weighted by Crippen LogP contribution is -2.50. The maximum atomic E-state index is 12.7. The van der Waals surface area contributed by atoms with E-state index in [4.69, 9.17) is 4.74 Å². The maximum Gasteiger partial charge on any atom is 0.323 e. The van der Waals surface area contributed by atoms with E-state index in [2.05, 4.69) is 11.8 Å². The molecule has 0 bridgehead atoms. The van der Waals surface area contributed by atoms with Gasteiger partial charge in [-0.3, -0.25) is 14.5 Å². The quantitative estimate of drug-likeness (QED) is 0.720. The zero-order valence-electron chi connectivity index (χ0n) is 12.9. The molecule has 0 aliphatic carbocycles. The van der Waals surface area contributed by atoms with E-state index < -0.39 is 0 Å². The monoisotopic (exact) mass is 294 g/mol. The molecule has 0 N–H and O–H groups in total. The molecular formula is C16H26N2O3. The number of cyclic esters (lactones) is 1. The molecule has 0 radical (unpaired) electrons. The van der Waals surface area contributed by atoms with E-state index in [1.54, 1.807) is 0 Å². The Bertz CT molecular complexity index is 404. The Morgan fingerprint density at radius 2 is 1.90 bits per heavy atom. The van der Waals surface area contributed by atoms with Crippen LogP contribution in [0.4, 0.5) is 0 Å². The number of esters is 1. The van der Waals surface area contributed by atoms with Gasteiger partial charge in [-0.15, -0.1) is 0 Å². The molecule has 118 valence electrons. The zero-order chi connectivity index (χ0) is 14.8. The molecule has 2 unspecified atom stereocenters. The van der Waals surface area contributed by atoms with Gasteiger partial charge in [0.2, 0.25) is 5.91 Å². The number of rotatable bonds is 2. The number of nitrogens with zero attached hydrogens (tertiary/aromatic N) is 2. The Morgan fingerprint density at radius 1 is 1.14 bits per heavy atom. The van der Waals surface area contributed by atoms with Crippen molar-refractivity contribution in [2.75, 3.05) is 32.8 Å². The molecule has 5 heteroatoms. The topological polar surface area (TPSA) is 49.9 Å². The fourth-order valence-electron chi connectivity index (χ4n) is 3.80. The fourth-order valence-corrected chi connectivity index (χ4v) is 3.80. The van der Waals surface area contributed by atoms with Crippen LogP contribution in [-0.4, -0.2) is 60.5 Å². The molecule has 3 fully saturated rings. The molecule has 21 heavy (non-hydrogen) atoms. The lowest BCUT2D eigenvalue weighted by Gasteiger charge is -2.38. The predicted molar refractivity (Wildman–Crippen MR) is 78.6 cm³/mol. The molecule has 0 saturated carbocycles. The normalized spacial score (nSPS) is 32.2. The minimum Gasteiger partial charge on any atom is -0.464 e. The van der Waals surface area contributed by atoms with Crippen molar-refractivity contribution in [1.82, 2.24) is 9.80 Å². The summed E-state index contributed by atoms with van der Waals surface area (Å²) in [4.78, 5) is 28.6. The second-order valence-electron chi connectivity index (χ2n) is 6.81. The fraction of sp³-hybridized carbons (Fsp3) is 0.875. The summed E-state index contributed by atoms with van der Waals surface area (Å²) >= 11 is 0. The molecule has 0 aromatic carbocycles. The average Bonchev–Trinajstić information content (AvgIpc) is 2.94. The van der Waals surface area contributed by atoms with Crippen LogP contribution in [0.1, 0.15) is 39.0 Å². The van der Waals surface area contributed by atoms with Crippen LogP contribution >= 0.6 is 0 Å². The van der Waals surface area contributed by atoms with Crippen molar-refractivity contribution in [3.63, 3.8) is 0 Å². The predicted octanol–water partition coefficient (Wildman–Crippen LogP) is 1.27. The minimum atomic E-state index is -0.109. The Morgan fingerprint density at radius 3 is 2.57 bits per heavy atom. The first kappa shape index (κ1) is 14.8. The Labute approximate surface area is 126 Å². The summed E-state index contributed by atoms with van der Waals surface area (Å²) in [5, 5.41) is 0. The largest absolute Gasteiger partial charge is 0.464 e. The van der Waals surface area contributed by atoms with Crippen LogP contribution in [0, 0.1) is 11.8 Å². The van der Waals surface area contributed by atoms with Gasteiger partial charge in [0.1, 0.15) is 6.04 Å². The van der Waals surface area contributed by atoms with Crippen molar-refractivity contribution in [2.24, 2.45) is 11.8 Å². The molecular weight excluding hydrogens is 268 g/mol. The number of piperidine rings is 2. The van der Waals surface area contributed by atoms with Gasteiger partial charge in [-0.25, -0.2) is 0 Å². The molecule has 2 atom stereocenters. The van der Waals surface area contributed by atoms with Gasteiger partial charge in [-0.05, 0) is 38.1 Å². The molecule has 3 heterocycles. The lowest BCUT2D eigenvalue weighted by atomic mass is 9.92. The molecule has 3 aliphatic rings. The van der Waals surface area contributed by atoms with Gasteiger partial charge in [-0.1, -0.05) is 6.92 Å². The van der Waals surface area contributed by atoms with E-state index in [0.29, 0.717) is 12.5 Å². The van der Waals surface area contributed by atoms with Gasteiger partial charge in [-0.2, -0.15) is 0 Å². The third kappa shape index (κ3) is 3.23. The number of likely N-dealkylation sites (tertiary alicyclic amines) is 2. The van der Waals surface area contributed by atoms with Crippen LogP contribution in [0.2, 0.25) is 0 Å². The molecule has 3 rings (SSSR count). The zero-order valence-corrected chi connectivity index (χ0v) is 12.9. The first-order valence-corrected chi connectivity index (χ1v) is 8.34. The van der Waals surface area contributed by atoms with Crippen molar-refractivity contribution < 1.29 is 14.3 Å². The SMILES string of the molecule is CC1CCN(C(=O)C2CCCN(C3CCOC3=O)C2)CC1. The molecule has 0 aromatic heterocycles. The third-order valence-corrected chi connectivity index (χ3v) is 5.25. The molecule has 1 amide bonds. The van der Waals surface area contributed by atoms with E-state index in [-0.39, 0.29) is 17.9 Å². The second kappa shape index (κ2) is 6.34. The van der Waals surface area contributed by atoms with Gasteiger partial charge in [0.05, 0.1) is 12.5 Å². The van der Waals surface area contributed by atoms with Crippen LogP contribution < -0.4 is 0 Å². The Hall–Kier alpha value is -1.10. The van der Waals surface area contributed by atoms with E-state index >= 15 is 0 Å². The highest BCUT2D eigenvalue weighted by Gasteiger charge is 2.38. The van der Waals surface area contributed by atoms with Crippen molar-refractivity contribution in [3.05, 3.63) is 0 Å². The number of carbonyl (C=O) groups excluding carboxylic acids is 2. The highest BCUT2D eigenvalue weighted by Crippen LogP contribution is 2.26. The first-order valence-electron chi connectivity index (χ1n) is 8.34. The minimum absolute atomic E-state index is 0.0700. The van der Waals surface area contributed by atoms with Crippen LogP contribution in [-0.2, 0) is 14.3 Å². The first-order chi connectivity index (χ1) is 10.1. The van der Waals surface area contributed by atoms with Crippen molar-refractivity contribution >= 4 is 11.9 Å². The van der Waals surface area contributed by atoms with Crippen molar-refractivity contribution in [1.29, 1.82) is 0 Å². The van der Waals surface area contributed by atoms with E-state index in [1.807, 2.05) is 4.90 Å². The maximum absolute atomic E-state index is 12.7. The second-order valence-corrected chi connectivity index (χ2v) is 6.81. The number of hydrogen-bond acceptors (Lipinski definition) is 4. The summed E-state index contributed by atoms with van der Waals surface area (Å²) in [6.07, 6.45) is 4.99. The van der Waals surface area contributed by atoms with Gasteiger partial charge in [0.25, 0.3) is 0 Å². The standard InChI is InChI=1S/C16H26N2O3/c1-12-4-8-17(9-5-12)15(19)13-3-2-7-18(11-13)14-6-10-21-16(14)20/h12-14H,2-11H2,1H3. The van der Waals surface area contributed by atoms with E-state index in [9.17, 15) is 9.59 Å². The van der Waals surface area contributed by atoms with Crippen molar-refractivity contribution in [3.8, 4) is 0 Å². The third-order valence-electron chi connectivity index (χ3n) is 5.25. The summed E-state index contributed by atoms with van der Waals surface area (Å²) in [6, 6.07) is -0.109. The van der Waals surface area contributed by atoms with E-state index in [1.165, 1.54) is 0 Å². The van der Waals surface area contributed by atoms with Gasteiger partial charge >= 0.3 is 5.97 Å². The van der Waals surface area contributed by atoms with Crippen LogP contribution in [0.15, 0.2) is 0 Å². The summed E-state index contributed by atoms with van der Waals surface area (Å²) < 4.78 is 5.07. The van der Waals surface area contributed by atoms with Crippen LogP contribution in [0.5, 0.6) is 0 Å². The summed E-state index contributed by atoms with van der Waals surface area (Å²) in [6.45, 7) is 6.24. The summed E-state index contributed by atoms with van der Waals surface area (Å²) in [5.74, 6) is 1.01. The molecule has 0 aromatic rings. The van der Waals surface area contributed by atoms with Crippen LogP contribution in [0.3, 0.4) is 0 Å². The van der Waals surface area contributed by atoms with Gasteiger partial charge in [0.15, 0.2) is 0 Å². The number of amides is 1. The number of ether oxygens (including phenoxy) is 1. The van der Waals surface area contributed by atoms with Crippen LogP contribution in [0.25, 0.3) is 0 Å². The smallest absolute Gasteiger partial charge is 0.323 e. The number of carbonyl (C=O) groups is 2. The summed E-state index contributed by atoms with van der Waals surface area (Å²) in [7, 11) is 0. The average molecular weight is 294 g/mol. The Kier molecular flexibility index (Phi) is 4.48. The lowest BCUT2D eigenvalue weighted by molar-refractivity contribution is -0.145. The molecule has 5 nitrogen and oxygen atoms in total. The highest BCUT2D eigenvalue weighted by molar-refractivity contribution is 5.80. The van der Waals surface area contributed by atoms with E-state index in [0.717, 1.165) is 64.2 Å².